The second kappa shape index (κ2) is 8.51. The Morgan fingerprint density at radius 3 is 2.48 bits per heavy atom. The summed E-state index contributed by atoms with van der Waals surface area (Å²) in [4.78, 5) is 53.4. The molecule has 2 heterocycles. The van der Waals surface area contributed by atoms with Crippen LogP contribution < -0.4 is 16.8 Å². The van der Waals surface area contributed by atoms with E-state index in [2.05, 4.69) is 10.3 Å². The zero-order valence-electron chi connectivity index (χ0n) is 15.6. The first-order valence-corrected chi connectivity index (χ1v) is 9.13. The number of amides is 4. The lowest BCUT2D eigenvalue weighted by Gasteiger charge is -2.35. The van der Waals surface area contributed by atoms with E-state index in [0.29, 0.717) is 18.5 Å². The number of primary amides is 2. The Hall–Kier alpha value is -3.75. The van der Waals surface area contributed by atoms with Gasteiger partial charge in [-0.25, -0.2) is 0 Å². The minimum absolute atomic E-state index is 0.120. The standard InChI is InChI=1S/C20H21N5O4/c21-17(26)13-5-3-4-12(8-13)16-6-1-2-7-25(16)20(29)19(28)24-15-9-14(18(22)27)10-23-11-15/h3-5,8-11,16H,1-2,6-7H2,(H2,21,26)(H2,22,27)(H,24,28)/t16-/m0/s1. The SMILES string of the molecule is NC(=O)c1cncc(NC(=O)C(=O)N2CCCC[C@H]2c2cccc(C(N)=O)c2)c1. The van der Waals surface area contributed by atoms with E-state index < -0.39 is 23.6 Å². The molecule has 1 aliphatic heterocycles. The van der Waals surface area contributed by atoms with Gasteiger partial charge < -0.3 is 21.7 Å². The number of pyridine rings is 1. The van der Waals surface area contributed by atoms with Crippen LogP contribution in [0.1, 0.15) is 51.6 Å². The number of piperidine rings is 1. The van der Waals surface area contributed by atoms with Crippen LogP contribution >= 0.6 is 0 Å². The van der Waals surface area contributed by atoms with E-state index in [9.17, 15) is 19.2 Å². The summed E-state index contributed by atoms with van der Waals surface area (Å²) in [5.74, 6) is -2.79. The third-order valence-corrected chi connectivity index (χ3v) is 4.79. The molecule has 0 radical (unpaired) electrons. The summed E-state index contributed by atoms with van der Waals surface area (Å²) >= 11 is 0. The van der Waals surface area contributed by atoms with Gasteiger partial charge in [0.15, 0.2) is 0 Å². The number of rotatable bonds is 4. The summed E-state index contributed by atoms with van der Waals surface area (Å²) in [6.45, 7) is 0.414. The minimum atomic E-state index is -0.841. The van der Waals surface area contributed by atoms with E-state index >= 15 is 0 Å². The Bertz CT molecular complexity index is 975. The average Bonchev–Trinajstić information content (AvgIpc) is 2.73. The molecule has 0 bridgehead atoms. The molecule has 29 heavy (non-hydrogen) atoms. The first-order chi connectivity index (χ1) is 13.9. The van der Waals surface area contributed by atoms with Gasteiger partial charge in [-0.1, -0.05) is 12.1 Å². The molecule has 0 saturated carbocycles. The Labute approximate surface area is 167 Å². The van der Waals surface area contributed by atoms with Crippen LogP contribution in [0.2, 0.25) is 0 Å². The number of nitrogens with two attached hydrogens (primary N) is 2. The third-order valence-electron chi connectivity index (χ3n) is 4.79. The molecule has 1 saturated heterocycles. The molecular formula is C20H21N5O4. The largest absolute Gasteiger partial charge is 0.366 e. The van der Waals surface area contributed by atoms with Crippen molar-refractivity contribution in [2.24, 2.45) is 11.5 Å². The number of likely N-dealkylation sites (tertiary alicyclic amines) is 1. The third kappa shape index (κ3) is 4.57. The highest BCUT2D eigenvalue weighted by Crippen LogP contribution is 2.31. The first-order valence-electron chi connectivity index (χ1n) is 9.13. The van der Waals surface area contributed by atoms with Gasteiger partial charge in [-0.05, 0) is 43.0 Å². The minimum Gasteiger partial charge on any atom is -0.366 e. The number of hydrogen-bond donors (Lipinski definition) is 3. The van der Waals surface area contributed by atoms with Crippen molar-refractivity contribution in [3.8, 4) is 0 Å². The van der Waals surface area contributed by atoms with Crippen LogP contribution in [-0.4, -0.2) is 40.1 Å². The van der Waals surface area contributed by atoms with Crippen molar-refractivity contribution in [2.75, 3.05) is 11.9 Å². The van der Waals surface area contributed by atoms with Crippen LogP contribution in [0.3, 0.4) is 0 Å². The van der Waals surface area contributed by atoms with Gasteiger partial charge >= 0.3 is 11.8 Å². The monoisotopic (exact) mass is 395 g/mol. The van der Waals surface area contributed by atoms with E-state index in [1.165, 1.54) is 23.4 Å². The number of carbonyl (C=O) groups excluding carboxylic acids is 4. The zero-order valence-corrected chi connectivity index (χ0v) is 15.6. The molecule has 2 aromatic rings. The maximum Gasteiger partial charge on any atom is 0.313 e. The van der Waals surface area contributed by atoms with Crippen LogP contribution in [-0.2, 0) is 9.59 Å². The fraction of sp³-hybridized carbons (Fsp3) is 0.250. The molecule has 3 rings (SSSR count). The number of aromatic nitrogens is 1. The van der Waals surface area contributed by atoms with Crippen molar-refractivity contribution in [3.63, 3.8) is 0 Å². The van der Waals surface area contributed by atoms with Crippen molar-refractivity contribution in [3.05, 3.63) is 59.4 Å². The van der Waals surface area contributed by atoms with E-state index in [1.807, 2.05) is 0 Å². The molecule has 1 aromatic carbocycles. The van der Waals surface area contributed by atoms with E-state index in [0.717, 1.165) is 18.4 Å². The number of nitrogens with one attached hydrogen (secondary N) is 1. The molecule has 1 atom stereocenters. The van der Waals surface area contributed by atoms with Crippen molar-refractivity contribution >= 4 is 29.3 Å². The van der Waals surface area contributed by atoms with Crippen molar-refractivity contribution in [2.45, 2.75) is 25.3 Å². The number of anilines is 1. The van der Waals surface area contributed by atoms with Crippen molar-refractivity contribution in [1.82, 2.24) is 9.88 Å². The smallest absolute Gasteiger partial charge is 0.313 e. The van der Waals surface area contributed by atoms with Gasteiger partial charge in [0.25, 0.3) is 0 Å². The van der Waals surface area contributed by atoms with E-state index in [-0.39, 0.29) is 17.3 Å². The van der Waals surface area contributed by atoms with E-state index in [4.69, 9.17) is 11.5 Å². The van der Waals surface area contributed by atoms with Crippen LogP contribution in [0.4, 0.5) is 5.69 Å². The average molecular weight is 395 g/mol. The summed E-state index contributed by atoms with van der Waals surface area (Å²) in [5.41, 5.74) is 12.0. The quantitative estimate of drug-likeness (QED) is 0.660. The van der Waals surface area contributed by atoms with Gasteiger partial charge in [-0.3, -0.25) is 24.2 Å². The molecule has 1 aliphatic rings. The van der Waals surface area contributed by atoms with Crippen molar-refractivity contribution < 1.29 is 19.2 Å². The van der Waals surface area contributed by atoms with Crippen LogP contribution in [0.15, 0.2) is 42.7 Å². The van der Waals surface area contributed by atoms with Crippen LogP contribution in [0.5, 0.6) is 0 Å². The highest BCUT2D eigenvalue weighted by atomic mass is 16.2. The van der Waals surface area contributed by atoms with Gasteiger partial charge in [-0.2, -0.15) is 0 Å². The summed E-state index contributed by atoms with van der Waals surface area (Å²) in [7, 11) is 0. The predicted octanol–water partition coefficient (Wildman–Crippen LogP) is 0.972. The molecule has 1 aromatic heterocycles. The highest BCUT2D eigenvalue weighted by molar-refractivity contribution is 6.39. The van der Waals surface area contributed by atoms with Gasteiger partial charge in [0.05, 0.1) is 23.5 Å². The fourth-order valence-electron chi connectivity index (χ4n) is 3.38. The summed E-state index contributed by atoms with van der Waals surface area (Å²) in [6, 6.07) is 7.78. The Kier molecular flexibility index (Phi) is 5.87. The molecule has 4 amide bonds. The zero-order chi connectivity index (χ0) is 21.0. The molecule has 0 spiro atoms. The maximum atomic E-state index is 12.8. The number of carbonyl (C=O) groups is 4. The van der Waals surface area contributed by atoms with Gasteiger partial charge in [0.2, 0.25) is 11.8 Å². The lowest BCUT2D eigenvalue weighted by molar-refractivity contribution is -0.145. The number of hydrogen-bond acceptors (Lipinski definition) is 5. The fourth-order valence-corrected chi connectivity index (χ4v) is 3.38. The Balaban J connectivity index is 1.79. The van der Waals surface area contributed by atoms with E-state index in [1.54, 1.807) is 24.3 Å². The second-order valence-corrected chi connectivity index (χ2v) is 6.78. The molecule has 0 aliphatic carbocycles. The summed E-state index contributed by atoms with van der Waals surface area (Å²) in [6.07, 6.45) is 4.92. The highest BCUT2D eigenvalue weighted by Gasteiger charge is 2.32. The molecular weight excluding hydrogens is 374 g/mol. The lowest BCUT2D eigenvalue weighted by Crippen LogP contribution is -2.44. The Morgan fingerprint density at radius 1 is 1.00 bits per heavy atom. The number of benzene rings is 1. The van der Waals surface area contributed by atoms with Gasteiger partial charge in [-0.15, -0.1) is 0 Å². The van der Waals surface area contributed by atoms with Crippen LogP contribution in [0, 0.1) is 0 Å². The summed E-state index contributed by atoms with van der Waals surface area (Å²) < 4.78 is 0. The molecule has 5 N–H and O–H groups in total. The Morgan fingerprint density at radius 2 is 1.76 bits per heavy atom. The first kappa shape index (κ1) is 20.0. The van der Waals surface area contributed by atoms with Crippen LogP contribution in [0.25, 0.3) is 0 Å². The molecule has 9 heteroatoms. The second-order valence-electron chi connectivity index (χ2n) is 6.78. The molecule has 150 valence electrons. The topological polar surface area (TPSA) is 148 Å². The maximum absolute atomic E-state index is 12.8. The van der Waals surface area contributed by atoms with Gasteiger partial charge in [0, 0.05) is 18.3 Å². The number of nitrogens with zero attached hydrogens (tertiary/aromatic N) is 2. The molecule has 9 nitrogen and oxygen atoms in total. The van der Waals surface area contributed by atoms with Crippen molar-refractivity contribution in [1.29, 1.82) is 0 Å². The normalized spacial score (nSPS) is 16.1. The van der Waals surface area contributed by atoms with Gasteiger partial charge in [0.1, 0.15) is 0 Å². The predicted molar refractivity (Wildman–Crippen MR) is 105 cm³/mol. The molecule has 0 unspecified atom stereocenters. The lowest BCUT2D eigenvalue weighted by atomic mass is 9.94. The summed E-state index contributed by atoms with van der Waals surface area (Å²) in [5, 5.41) is 2.46. The molecule has 1 fully saturated rings.